The van der Waals surface area contributed by atoms with Crippen LogP contribution < -0.4 is 9.47 Å². The average molecular weight is 377 g/mol. The number of fused-ring (bicyclic) bond motifs is 3. The van der Waals surface area contributed by atoms with Crippen molar-refractivity contribution in [2.75, 3.05) is 6.79 Å². The largest absolute Gasteiger partial charge is 0.454 e. The van der Waals surface area contributed by atoms with Gasteiger partial charge in [-0.3, -0.25) is 4.90 Å². The third-order valence-corrected chi connectivity index (χ3v) is 5.80. The first kappa shape index (κ1) is 17.2. The maximum absolute atomic E-state index is 12.8. The van der Waals surface area contributed by atoms with E-state index in [2.05, 4.69) is 12.1 Å². The fourth-order valence-electron chi connectivity index (χ4n) is 4.42. The van der Waals surface area contributed by atoms with E-state index in [9.17, 15) is 4.79 Å². The molecule has 2 atom stereocenters. The number of piperidine rings is 1. The van der Waals surface area contributed by atoms with Crippen molar-refractivity contribution in [2.24, 2.45) is 0 Å². The number of hydrogen-bond donors (Lipinski definition) is 0. The molecule has 1 fully saturated rings. The topological polar surface area (TPSA) is 48.0 Å². The van der Waals surface area contributed by atoms with E-state index in [1.807, 2.05) is 47.4 Å². The van der Waals surface area contributed by atoms with Crippen molar-refractivity contribution in [3.63, 3.8) is 0 Å². The molecule has 5 nitrogen and oxygen atoms in total. The van der Waals surface area contributed by atoms with Crippen molar-refractivity contribution in [1.82, 2.24) is 4.90 Å². The molecular weight excluding hydrogens is 354 g/mol. The Labute approximate surface area is 164 Å². The third kappa shape index (κ3) is 3.21. The molecular formula is C23H23NO4. The zero-order chi connectivity index (χ0) is 18.9. The Morgan fingerprint density at radius 2 is 1.93 bits per heavy atom. The van der Waals surface area contributed by atoms with Gasteiger partial charge in [0.1, 0.15) is 6.61 Å². The molecule has 0 radical (unpaired) electrons. The van der Waals surface area contributed by atoms with Crippen LogP contribution in [0.1, 0.15) is 36.8 Å². The van der Waals surface area contributed by atoms with Gasteiger partial charge in [-0.2, -0.15) is 0 Å². The SMILES string of the molecule is O=C(OCc1ccccc1)N1C2C=C(c3ccc4c(c3)OCO4)CC1CCC2. The van der Waals surface area contributed by atoms with E-state index in [1.54, 1.807) is 0 Å². The van der Waals surface area contributed by atoms with Crippen LogP contribution in [0.3, 0.4) is 0 Å². The number of amides is 1. The van der Waals surface area contributed by atoms with Crippen molar-refractivity contribution in [1.29, 1.82) is 0 Å². The summed E-state index contributed by atoms with van der Waals surface area (Å²) in [5.74, 6) is 1.60. The van der Waals surface area contributed by atoms with Gasteiger partial charge in [0.25, 0.3) is 0 Å². The standard InChI is InChI=1S/C23H23NO4/c25-23(26-14-16-5-2-1-3-6-16)24-19-7-4-8-20(24)12-18(11-19)17-9-10-21-22(13-17)28-15-27-21/h1-3,5-6,9-11,13,19-20H,4,7-8,12,14-15H2. The van der Waals surface area contributed by atoms with Gasteiger partial charge in [0, 0.05) is 6.04 Å². The van der Waals surface area contributed by atoms with Gasteiger partial charge in [0.15, 0.2) is 11.5 Å². The molecule has 3 aliphatic rings. The summed E-state index contributed by atoms with van der Waals surface area (Å²) in [5, 5.41) is 0. The van der Waals surface area contributed by atoms with Crippen LogP contribution in [0.5, 0.6) is 11.5 Å². The zero-order valence-electron chi connectivity index (χ0n) is 15.7. The smallest absolute Gasteiger partial charge is 0.410 e. The van der Waals surface area contributed by atoms with Crippen LogP contribution in [-0.4, -0.2) is 29.9 Å². The lowest BCUT2D eigenvalue weighted by Crippen LogP contribution is -2.51. The highest BCUT2D eigenvalue weighted by molar-refractivity contribution is 5.75. The van der Waals surface area contributed by atoms with Gasteiger partial charge in [-0.15, -0.1) is 0 Å². The first-order valence-corrected chi connectivity index (χ1v) is 9.88. The highest BCUT2D eigenvalue weighted by Gasteiger charge is 2.38. The highest BCUT2D eigenvalue weighted by atomic mass is 16.7. The summed E-state index contributed by atoms with van der Waals surface area (Å²) in [5.41, 5.74) is 3.44. The van der Waals surface area contributed by atoms with E-state index in [0.717, 1.165) is 48.3 Å². The van der Waals surface area contributed by atoms with Crippen molar-refractivity contribution in [3.8, 4) is 11.5 Å². The van der Waals surface area contributed by atoms with E-state index in [4.69, 9.17) is 14.2 Å². The van der Waals surface area contributed by atoms with Crippen LogP contribution in [0.25, 0.3) is 5.57 Å². The molecule has 144 valence electrons. The summed E-state index contributed by atoms with van der Waals surface area (Å²) in [4.78, 5) is 14.8. The van der Waals surface area contributed by atoms with Gasteiger partial charge in [-0.25, -0.2) is 4.79 Å². The first-order chi connectivity index (χ1) is 13.8. The lowest BCUT2D eigenvalue weighted by molar-refractivity contribution is 0.0510. The summed E-state index contributed by atoms with van der Waals surface area (Å²) in [6.45, 7) is 0.596. The Bertz CT molecular complexity index is 908. The molecule has 2 aromatic carbocycles. The molecule has 2 unspecified atom stereocenters. The molecule has 3 aliphatic heterocycles. The lowest BCUT2D eigenvalue weighted by Gasteiger charge is -2.44. The van der Waals surface area contributed by atoms with Crippen molar-refractivity contribution in [3.05, 3.63) is 65.7 Å². The number of rotatable bonds is 3. The summed E-state index contributed by atoms with van der Waals surface area (Å²) in [6, 6.07) is 16.2. The average Bonchev–Trinajstić information content (AvgIpc) is 3.19. The predicted octanol–water partition coefficient (Wildman–Crippen LogP) is 4.76. The number of nitrogens with zero attached hydrogens (tertiary/aromatic N) is 1. The maximum Gasteiger partial charge on any atom is 0.410 e. The highest BCUT2D eigenvalue weighted by Crippen LogP contribution is 2.40. The lowest BCUT2D eigenvalue weighted by atomic mass is 9.83. The molecule has 1 amide bonds. The van der Waals surface area contributed by atoms with Crippen LogP contribution in [0, 0.1) is 0 Å². The third-order valence-electron chi connectivity index (χ3n) is 5.80. The van der Waals surface area contributed by atoms with Gasteiger partial charge >= 0.3 is 6.09 Å². The first-order valence-electron chi connectivity index (χ1n) is 9.88. The van der Waals surface area contributed by atoms with Crippen LogP contribution in [0.15, 0.2) is 54.6 Å². The normalized spacial score (nSPS) is 22.6. The number of carbonyl (C=O) groups excluding carboxylic acids is 1. The minimum atomic E-state index is -0.209. The zero-order valence-corrected chi connectivity index (χ0v) is 15.7. The Balaban J connectivity index is 1.33. The predicted molar refractivity (Wildman–Crippen MR) is 105 cm³/mol. The van der Waals surface area contributed by atoms with E-state index in [1.165, 1.54) is 5.57 Å². The Hall–Kier alpha value is -2.95. The molecule has 2 aromatic rings. The number of hydrogen-bond acceptors (Lipinski definition) is 4. The second kappa shape index (κ2) is 7.23. The fourth-order valence-corrected chi connectivity index (χ4v) is 4.42. The fraction of sp³-hybridized carbons (Fsp3) is 0.348. The molecule has 0 aromatic heterocycles. The molecule has 0 saturated carbocycles. The molecule has 0 spiro atoms. The van der Waals surface area contributed by atoms with Gasteiger partial charge in [0.2, 0.25) is 6.79 Å². The summed E-state index contributed by atoms with van der Waals surface area (Å²) >= 11 is 0. The minimum absolute atomic E-state index is 0.0937. The van der Waals surface area contributed by atoms with Crippen molar-refractivity contribution >= 4 is 11.7 Å². The molecule has 5 rings (SSSR count). The van der Waals surface area contributed by atoms with Gasteiger partial charge in [0.05, 0.1) is 6.04 Å². The molecule has 0 aliphatic carbocycles. The minimum Gasteiger partial charge on any atom is -0.454 e. The van der Waals surface area contributed by atoms with Crippen molar-refractivity contribution in [2.45, 2.75) is 44.4 Å². The van der Waals surface area contributed by atoms with Crippen LogP contribution in [0.4, 0.5) is 4.79 Å². The second-order valence-corrected chi connectivity index (χ2v) is 7.56. The summed E-state index contributed by atoms with van der Waals surface area (Å²) in [6.07, 6.45) is 6.00. The number of benzene rings is 2. The van der Waals surface area contributed by atoms with Gasteiger partial charge in [-0.05, 0) is 54.5 Å². The molecule has 28 heavy (non-hydrogen) atoms. The second-order valence-electron chi connectivity index (χ2n) is 7.56. The van der Waals surface area contributed by atoms with Crippen LogP contribution >= 0.6 is 0 Å². The Morgan fingerprint density at radius 3 is 2.79 bits per heavy atom. The summed E-state index contributed by atoms with van der Waals surface area (Å²) < 4.78 is 16.6. The van der Waals surface area contributed by atoms with Gasteiger partial charge < -0.3 is 14.2 Å². The number of ether oxygens (including phenoxy) is 3. The number of carbonyl (C=O) groups is 1. The van der Waals surface area contributed by atoms with Gasteiger partial charge in [-0.1, -0.05) is 42.5 Å². The maximum atomic E-state index is 12.8. The van der Waals surface area contributed by atoms with E-state index < -0.39 is 0 Å². The van der Waals surface area contributed by atoms with E-state index in [0.29, 0.717) is 6.61 Å². The monoisotopic (exact) mass is 377 g/mol. The van der Waals surface area contributed by atoms with E-state index >= 15 is 0 Å². The summed E-state index contributed by atoms with van der Waals surface area (Å²) in [7, 11) is 0. The van der Waals surface area contributed by atoms with E-state index in [-0.39, 0.29) is 25.0 Å². The molecule has 0 N–H and O–H groups in total. The van der Waals surface area contributed by atoms with Crippen LogP contribution in [-0.2, 0) is 11.3 Å². The Morgan fingerprint density at radius 1 is 1.07 bits per heavy atom. The van der Waals surface area contributed by atoms with Crippen molar-refractivity contribution < 1.29 is 19.0 Å². The molecule has 5 heteroatoms. The quantitative estimate of drug-likeness (QED) is 0.774. The Kier molecular flexibility index (Phi) is 4.43. The molecule has 3 heterocycles. The molecule has 2 bridgehead atoms. The van der Waals surface area contributed by atoms with Crippen LogP contribution in [0.2, 0.25) is 0 Å². The molecule has 1 saturated heterocycles.